The van der Waals surface area contributed by atoms with Crippen LogP contribution in [0.2, 0.25) is 0 Å². The Morgan fingerprint density at radius 2 is 2.20 bits per heavy atom. The van der Waals surface area contributed by atoms with Gasteiger partial charge in [0, 0.05) is 28.9 Å². The van der Waals surface area contributed by atoms with Gasteiger partial charge in [0.2, 0.25) is 0 Å². The number of hydrogen-bond donors (Lipinski definition) is 3. The van der Waals surface area contributed by atoms with E-state index in [0.29, 0.717) is 29.7 Å². The first-order valence-corrected chi connectivity index (χ1v) is 6.12. The second kappa shape index (κ2) is 6.31. The lowest BCUT2D eigenvalue weighted by Crippen LogP contribution is -2.14. The molecule has 1 aromatic rings. The van der Waals surface area contributed by atoms with Crippen LogP contribution < -0.4 is 16.6 Å². The number of hydrazine groups is 1. The third-order valence-corrected chi connectivity index (χ3v) is 3.04. The minimum absolute atomic E-state index is 0.497. The van der Waals surface area contributed by atoms with Crippen LogP contribution in [-0.2, 0) is 10.8 Å². The van der Waals surface area contributed by atoms with Gasteiger partial charge < -0.3 is 10.7 Å². The predicted molar refractivity (Wildman–Crippen MR) is 61.9 cm³/mol. The maximum Gasteiger partial charge on any atom is 0.160 e. The highest BCUT2D eigenvalue weighted by molar-refractivity contribution is 7.84. The maximum atomic E-state index is 11.1. The number of hydrogen-bond acceptors (Lipinski definition) is 6. The lowest BCUT2D eigenvalue weighted by molar-refractivity contribution is 0.684. The number of nitrogens with zero attached hydrogens (tertiary/aromatic N) is 2. The van der Waals surface area contributed by atoms with Crippen LogP contribution in [0.1, 0.15) is 6.92 Å². The highest BCUT2D eigenvalue weighted by atomic mass is 32.2. The molecule has 0 saturated carbocycles. The molecule has 15 heavy (non-hydrogen) atoms. The first-order valence-electron chi connectivity index (χ1n) is 4.63. The first-order chi connectivity index (χ1) is 7.26. The van der Waals surface area contributed by atoms with Gasteiger partial charge in [-0.15, -0.1) is 0 Å². The molecule has 1 heterocycles. The Bertz CT molecular complexity index is 333. The van der Waals surface area contributed by atoms with Gasteiger partial charge in [0.05, 0.1) is 12.4 Å². The molecule has 1 unspecified atom stereocenters. The van der Waals surface area contributed by atoms with E-state index >= 15 is 0 Å². The first kappa shape index (κ1) is 11.9. The predicted octanol–water partition coefficient (Wildman–Crippen LogP) is -0.0573. The van der Waals surface area contributed by atoms with E-state index in [1.165, 1.54) is 6.20 Å². The normalized spacial score (nSPS) is 12.1. The topological polar surface area (TPSA) is 92.9 Å². The van der Waals surface area contributed by atoms with Gasteiger partial charge in [-0.05, 0) is 0 Å². The molecule has 0 amide bonds. The smallest absolute Gasteiger partial charge is 0.160 e. The van der Waals surface area contributed by atoms with Crippen molar-refractivity contribution in [1.29, 1.82) is 0 Å². The minimum atomic E-state index is -0.759. The zero-order valence-electron chi connectivity index (χ0n) is 8.56. The average Bonchev–Trinajstić information content (AvgIpc) is 2.29. The molecule has 1 aromatic heterocycles. The molecule has 84 valence electrons. The fourth-order valence-electron chi connectivity index (χ4n) is 0.958. The van der Waals surface area contributed by atoms with E-state index in [1.807, 2.05) is 6.92 Å². The number of nitrogen functional groups attached to an aromatic ring is 1. The number of anilines is 2. The summed E-state index contributed by atoms with van der Waals surface area (Å²) in [4.78, 5) is 8.04. The molecule has 6 nitrogen and oxygen atoms in total. The van der Waals surface area contributed by atoms with Crippen molar-refractivity contribution in [3.63, 3.8) is 0 Å². The van der Waals surface area contributed by atoms with E-state index in [4.69, 9.17) is 5.84 Å². The molecule has 1 atom stereocenters. The van der Waals surface area contributed by atoms with Gasteiger partial charge in [0.1, 0.15) is 5.82 Å². The number of aromatic nitrogens is 2. The summed E-state index contributed by atoms with van der Waals surface area (Å²) in [5.74, 6) is 7.60. The Labute approximate surface area is 91.1 Å². The van der Waals surface area contributed by atoms with Crippen LogP contribution in [0.15, 0.2) is 12.4 Å². The second-order valence-electron chi connectivity index (χ2n) is 2.79. The van der Waals surface area contributed by atoms with Crippen LogP contribution >= 0.6 is 0 Å². The lowest BCUT2D eigenvalue weighted by Gasteiger charge is -2.05. The summed E-state index contributed by atoms with van der Waals surface area (Å²) >= 11 is 0. The molecule has 0 aliphatic rings. The minimum Gasteiger partial charge on any atom is -0.368 e. The molecule has 0 fully saturated rings. The van der Waals surface area contributed by atoms with Gasteiger partial charge in [-0.2, -0.15) is 0 Å². The Morgan fingerprint density at radius 1 is 1.47 bits per heavy atom. The Kier molecular flexibility index (Phi) is 4.99. The summed E-state index contributed by atoms with van der Waals surface area (Å²) in [5.41, 5.74) is 2.40. The van der Waals surface area contributed by atoms with Crippen LogP contribution in [0.5, 0.6) is 0 Å². The average molecular weight is 229 g/mol. The van der Waals surface area contributed by atoms with E-state index in [9.17, 15) is 4.21 Å². The van der Waals surface area contributed by atoms with E-state index in [2.05, 4.69) is 20.7 Å². The van der Waals surface area contributed by atoms with Gasteiger partial charge in [-0.1, -0.05) is 6.92 Å². The molecular weight excluding hydrogens is 214 g/mol. The Morgan fingerprint density at radius 3 is 2.87 bits per heavy atom. The van der Waals surface area contributed by atoms with Gasteiger partial charge in [0.15, 0.2) is 5.82 Å². The Hall–Kier alpha value is -1.21. The van der Waals surface area contributed by atoms with Crippen molar-refractivity contribution in [3.05, 3.63) is 12.4 Å². The highest BCUT2D eigenvalue weighted by Gasteiger charge is 1.98. The van der Waals surface area contributed by atoms with Crippen molar-refractivity contribution >= 4 is 22.4 Å². The molecule has 0 aliphatic heterocycles. The van der Waals surface area contributed by atoms with Crippen LogP contribution in [0, 0.1) is 0 Å². The van der Waals surface area contributed by atoms with Crippen molar-refractivity contribution < 1.29 is 4.21 Å². The fraction of sp³-hybridized carbons (Fsp3) is 0.500. The zero-order valence-corrected chi connectivity index (χ0v) is 9.38. The van der Waals surface area contributed by atoms with Crippen LogP contribution in [0.3, 0.4) is 0 Å². The van der Waals surface area contributed by atoms with E-state index < -0.39 is 10.8 Å². The van der Waals surface area contributed by atoms with E-state index in [-0.39, 0.29) is 0 Å². The lowest BCUT2D eigenvalue weighted by atomic mass is 10.6. The van der Waals surface area contributed by atoms with Crippen LogP contribution in [0.4, 0.5) is 11.6 Å². The summed E-state index contributed by atoms with van der Waals surface area (Å²) in [6.07, 6.45) is 3.12. The molecule has 1 rings (SSSR count). The van der Waals surface area contributed by atoms with Crippen molar-refractivity contribution in [2.75, 3.05) is 28.8 Å². The SMILES string of the molecule is CCS(=O)CCNc1cncc(NN)n1. The van der Waals surface area contributed by atoms with Crippen molar-refractivity contribution in [1.82, 2.24) is 9.97 Å². The van der Waals surface area contributed by atoms with Gasteiger partial charge >= 0.3 is 0 Å². The number of rotatable bonds is 6. The van der Waals surface area contributed by atoms with Crippen molar-refractivity contribution in [3.8, 4) is 0 Å². The maximum absolute atomic E-state index is 11.1. The van der Waals surface area contributed by atoms with Gasteiger partial charge in [0.25, 0.3) is 0 Å². The van der Waals surface area contributed by atoms with E-state index in [0.717, 1.165) is 0 Å². The summed E-state index contributed by atoms with van der Waals surface area (Å²) in [6.45, 7) is 2.51. The molecule has 0 aliphatic carbocycles. The van der Waals surface area contributed by atoms with Gasteiger partial charge in [-0.3, -0.25) is 9.19 Å². The monoisotopic (exact) mass is 229 g/mol. The highest BCUT2D eigenvalue weighted by Crippen LogP contribution is 2.04. The number of nitrogens with one attached hydrogen (secondary N) is 2. The van der Waals surface area contributed by atoms with Gasteiger partial charge in [-0.25, -0.2) is 10.8 Å². The van der Waals surface area contributed by atoms with Crippen molar-refractivity contribution in [2.24, 2.45) is 5.84 Å². The molecule has 0 radical (unpaired) electrons. The summed E-state index contributed by atoms with van der Waals surface area (Å²) in [7, 11) is -0.759. The molecule has 0 saturated heterocycles. The molecule has 4 N–H and O–H groups in total. The fourth-order valence-corrected chi connectivity index (χ4v) is 1.58. The molecular formula is C8H15N5OS. The summed E-state index contributed by atoms with van der Waals surface area (Å²) < 4.78 is 11.1. The molecule has 7 heteroatoms. The van der Waals surface area contributed by atoms with Crippen LogP contribution in [0.25, 0.3) is 0 Å². The molecule has 0 spiro atoms. The molecule has 0 aromatic carbocycles. The number of nitrogens with two attached hydrogens (primary N) is 1. The quantitative estimate of drug-likeness (QED) is 0.467. The molecule has 0 bridgehead atoms. The Balaban J connectivity index is 2.40. The summed E-state index contributed by atoms with van der Waals surface area (Å²) in [6, 6.07) is 0. The standard InChI is InChI=1S/C8H15N5OS/c1-2-15(14)4-3-11-7-5-10-6-8(12-7)13-9/h5-6H,2-4,9H2,1H3,(H2,11,12,13). The third-order valence-electron chi connectivity index (χ3n) is 1.74. The third kappa shape index (κ3) is 4.22. The zero-order chi connectivity index (χ0) is 11.1. The van der Waals surface area contributed by atoms with Crippen LogP contribution in [-0.4, -0.2) is 32.2 Å². The van der Waals surface area contributed by atoms with E-state index in [1.54, 1.807) is 6.20 Å². The summed E-state index contributed by atoms with van der Waals surface area (Å²) in [5, 5.41) is 3.02. The van der Waals surface area contributed by atoms with Crippen molar-refractivity contribution in [2.45, 2.75) is 6.92 Å². The largest absolute Gasteiger partial charge is 0.368 e. The second-order valence-corrected chi connectivity index (χ2v) is 4.66.